The van der Waals surface area contributed by atoms with E-state index in [2.05, 4.69) is 19.2 Å². The molecule has 1 unspecified atom stereocenters. The molecule has 0 heterocycles. The summed E-state index contributed by atoms with van der Waals surface area (Å²) in [6, 6.07) is -0.252. The second-order valence-corrected chi connectivity index (χ2v) is 6.00. The van der Waals surface area contributed by atoms with E-state index in [-0.39, 0.29) is 30.1 Å². The van der Waals surface area contributed by atoms with Gasteiger partial charge in [0, 0.05) is 12.1 Å². The monoisotopic (exact) mass is 256 g/mol. The molecule has 5 nitrogen and oxygen atoms in total. The molecule has 104 valence electrons. The number of carboxylic acids is 1. The molecular weight excluding hydrogens is 232 g/mol. The highest BCUT2D eigenvalue weighted by Crippen LogP contribution is 2.37. The van der Waals surface area contributed by atoms with Gasteiger partial charge in [-0.15, -0.1) is 0 Å². The summed E-state index contributed by atoms with van der Waals surface area (Å²) in [5.74, 6) is -0.982. The first-order valence-corrected chi connectivity index (χ1v) is 6.53. The van der Waals surface area contributed by atoms with Crippen molar-refractivity contribution in [1.29, 1.82) is 0 Å². The van der Waals surface area contributed by atoms with Crippen LogP contribution in [0.3, 0.4) is 0 Å². The molecule has 0 bridgehead atoms. The number of carbonyl (C=O) groups is 2. The molecular formula is C13H24N2O3. The fourth-order valence-corrected chi connectivity index (χ4v) is 2.46. The third-order valence-corrected chi connectivity index (χ3v) is 3.74. The molecule has 1 atom stereocenters. The number of carboxylic acid groups (broad SMARTS) is 1. The molecule has 2 amide bonds. The van der Waals surface area contributed by atoms with Gasteiger partial charge in [0.2, 0.25) is 0 Å². The Morgan fingerprint density at radius 1 is 1.44 bits per heavy atom. The molecule has 1 saturated carbocycles. The molecule has 1 fully saturated rings. The van der Waals surface area contributed by atoms with Crippen LogP contribution >= 0.6 is 0 Å². The molecule has 0 saturated heterocycles. The first-order chi connectivity index (χ1) is 8.24. The lowest BCUT2D eigenvalue weighted by atomic mass is 9.87. The summed E-state index contributed by atoms with van der Waals surface area (Å²) in [6.45, 7) is 7.67. The minimum Gasteiger partial charge on any atom is -0.480 e. The largest absolute Gasteiger partial charge is 0.480 e. The summed E-state index contributed by atoms with van der Waals surface area (Å²) in [4.78, 5) is 24.2. The van der Waals surface area contributed by atoms with E-state index in [0.717, 1.165) is 19.3 Å². The van der Waals surface area contributed by atoms with E-state index >= 15 is 0 Å². The molecule has 0 aromatic carbocycles. The molecule has 1 aliphatic rings. The molecule has 0 aromatic heterocycles. The number of urea groups is 1. The number of hydrogen-bond acceptors (Lipinski definition) is 2. The molecule has 18 heavy (non-hydrogen) atoms. The van der Waals surface area contributed by atoms with Crippen LogP contribution in [0.15, 0.2) is 0 Å². The van der Waals surface area contributed by atoms with Crippen LogP contribution in [0.5, 0.6) is 0 Å². The zero-order valence-corrected chi connectivity index (χ0v) is 11.7. The Morgan fingerprint density at radius 3 is 2.44 bits per heavy atom. The van der Waals surface area contributed by atoms with Gasteiger partial charge in [-0.2, -0.15) is 0 Å². The maximum atomic E-state index is 12.1. The Hall–Kier alpha value is -1.26. The van der Waals surface area contributed by atoms with E-state index < -0.39 is 5.97 Å². The summed E-state index contributed by atoms with van der Waals surface area (Å²) < 4.78 is 0. The zero-order valence-electron chi connectivity index (χ0n) is 11.7. The standard InChI is InChI=1S/C13H24N2O3/c1-9(2)15(8-11(16)17)12(18)14-10-6-5-7-13(10,3)4/h9-10H,5-8H2,1-4H3,(H,14,18)(H,16,17). The lowest BCUT2D eigenvalue weighted by molar-refractivity contribution is -0.138. The lowest BCUT2D eigenvalue weighted by Gasteiger charge is -2.32. The first kappa shape index (κ1) is 14.8. The maximum absolute atomic E-state index is 12.1. The summed E-state index contributed by atoms with van der Waals surface area (Å²) in [5.41, 5.74) is 0.0987. The van der Waals surface area contributed by atoms with E-state index in [0.29, 0.717) is 0 Å². The topological polar surface area (TPSA) is 69.6 Å². The van der Waals surface area contributed by atoms with Gasteiger partial charge in [-0.05, 0) is 32.1 Å². The van der Waals surface area contributed by atoms with Crippen LogP contribution in [0.2, 0.25) is 0 Å². The van der Waals surface area contributed by atoms with Crippen molar-refractivity contribution in [3.05, 3.63) is 0 Å². The van der Waals surface area contributed by atoms with Gasteiger partial charge in [0.1, 0.15) is 6.54 Å². The van der Waals surface area contributed by atoms with E-state index in [1.807, 2.05) is 13.8 Å². The third-order valence-electron chi connectivity index (χ3n) is 3.74. The molecule has 2 N–H and O–H groups in total. The van der Waals surface area contributed by atoms with Crippen LogP contribution in [0.1, 0.15) is 47.0 Å². The van der Waals surface area contributed by atoms with Crippen LogP contribution in [-0.4, -0.2) is 40.6 Å². The normalized spacial score (nSPS) is 21.9. The highest BCUT2D eigenvalue weighted by Gasteiger charge is 2.36. The molecule has 0 aromatic rings. The smallest absolute Gasteiger partial charge is 0.323 e. The number of rotatable bonds is 4. The summed E-state index contributed by atoms with van der Waals surface area (Å²) in [5, 5.41) is 11.8. The summed E-state index contributed by atoms with van der Waals surface area (Å²) in [6.07, 6.45) is 3.18. The van der Waals surface area contributed by atoms with Gasteiger partial charge in [-0.1, -0.05) is 20.3 Å². The summed E-state index contributed by atoms with van der Waals surface area (Å²) >= 11 is 0. The number of nitrogens with zero attached hydrogens (tertiary/aromatic N) is 1. The molecule has 1 rings (SSSR count). The molecule has 0 radical (unpaired) electrons. The van der Waals surface area contributed by atoms with E-state index in [9.17, 15) is 9.59 Å². The Morgan fingerprint density at radius 2 is 2.06 bits per heavy atom. The number of hydrogen-bond donors (Lipinski definition) is 2. The Balaban J connectivity index is 2.64. The number of carbonyl (C=O) groups excluding carboxylic acids is 1. The van der Waals surface area contributed by atoms with Crippen molar-refractivity contribution < 1.29 is 14.7 Å². The minimum atomic E-state index is -0.982. The predicted octanol–water partition coefficient (Wildman–Crippen LogP) is 2.07. The lowest BCUT2D eigenvalue weighted by Crippen LogP contribution is -2.51. The average molecular weight is 256 g/mol. The van der Waals surface area contributed by atoms with Crippen molar-refractivity contribution in [2.75, 3.05) is 6.54 Å². The minimum absolute atomic E-state index is 0.0987. The van der Waals surface area contributed by atoms with Gasteiger partial charge in [0.25, 0.3) is 0 Å². The molecule has 0 spiro atoms. The maximum Gasteiger partial charge on any atom is 0.323 e. The van der Waals surface area contributed by atoms with Crippen molar-refractivity contribution in [1.82, 2.24) is 10.2 Å². The molecule has 1 aliphatic carbocycles. The SMILES string of the molecule is CC(C)N(CC(=O)O)C(=O)NC1CCCC1(C)C. The number of nitrogens with one attached hydrogen (secondary N) is 1. The van der Waals surface area contributed by atoms with Gasteiger partial charge in [-0.25, -0.2) is 4.79 Å². The van der Waals surface area contributed by atoms with Gasteiger partial charge >= 0.3 is 12.0 Å². The van der Waals surface area contributed by atoms with Crippen molar-refractivity contribution >= 4 is 12.0 Å². The van der Waals surface area contributed by atoms with E-state index in [4.69, 9.17) is 5.11 Å². The van der Waals surface area contributed by atoms with Crippen molar-refractivity contribution in [2.24, 2.45) is 5.41 Å². The first-order valence-electron chi connectivity index (χ1n) is 6.53. The highest BCUT2D eigenvalue weighted by atomic mass is 16.4. The van der Waals surface area contributed by atoms with Crippen LogP contribution in [0.25, 0.3) is 0 Å². The van der Waals surface area contributed by atoms with Gasteiger partial charge < -0.3 is 15.3 Å². The van der Waals surface area contributed by atoms with Gasteiger partial charge in [0.05, 0.1) is 0 Å². The van der Waals surface area contributed by atoms with Crippen LogP contribution in [-0.2, 0) is 4.79 Å². The number of amides is 2. The Kier molecular flexibility index (Phi) is 4.59. The van der Waals surface area contributed by atoms with Crippen molar-refractivity contribution in [2.45, 2.75) is 59.0 Å². The van der Waals surface area contributed by atoms with Gasteiger partial charge in [-0.3, -0.25) is 4.79 Å². The van der Waals surface area contributed by atoms with Gasteiger partial charge in [0.15, 0.2) is 0 Å². The Bertz CT molecular complexity index is 326. The molecule has 5 heteroatoms. The van der Waals surface area contributed by atoms with E-state index in [1.165, 1.54) is 4.90 Å². The molecule has 0 aliphatic heterocycles. The van der Waals surface area contributed by atoms with Crippen LogP contribution < -0.4 is 5.32 Å². The Labute approximate surface area is 109 Å². The second-order valence-electron chi connectivity index (χ2n) is 6.00. The number of aliphatic carboxylic acids is 1. The zero-order chi connectivity index (χ0) is 13.9. The quantitative estimate of drug-likeness (QED) is 0.809. The predicted molar refractivity (Wildman–Crippen MR) is 69.4 cm³/mol. The van der Waals surface area contributed by atoms with Crippen LogP contribution in [0, 0.1) is 5.41 Å². The second kappa shape index (κ2) is 5.59. The fraction of sp³-hybridized carbons (Fsp3) is 0.846. The fourth-order valence-electron chi connectivity index (χ4n) is 2.46. The van der Waals surface area contributed by atoms with Crippen LogP contribution in [0.4, 0.5) is 4.79 Å². The summed E-state index contributed by atoms with van der Waals surface area (Å²) in [7, 11) is 0. The third kappa shape index (κ3) is 3.62. The average Bonchev–Trinajstić information content (AvgIpc) is 2.54. The van der Waals surface area contributed by atoms with Crippen molar-refractivity contribution in [3.8, 4) is 0 Å². The van der Waals surface area contributed by atoms with Crippen molar-refractivity contribution in [3.63, 3.8) is 0 Å². The van der Waals surface area contributed by atoms with E-state index in [1.54, 1.807) is 0 Å². The highest BCUT2D eigenvalue weighted by molar-refractivity contribution is 5.80.